The molecule has 0 aliphatic heterocycles. The van der Waals surface area contributed by atoms with E-state index >= 15 is 0 Å². The van der Waals surface area contributed by atoms with E-state index in [1.807, 2.05) is 18.2 Å². The SMILES string of the molecule is Cc1c(F)cccc1NCC(=O)Nc1ccccc1Br. The molecule has 5 heteroatoms. The molecule has 2 aromatic rings. The minimum absolute atomic E-state index is 0.0750. The molecule has 2 aromatic carbocycles. The van der Waals surface area contributed by atoms with E-state index in [9.17, 15) is 9.18 Å². The van der Waals surface area contributed by atoms with Crippen LogP contribution < -0.4 is 10.6 Å². The molecule has 104 valence electrons. The van der Waals surface area contributed by atoms with Crippen molar-refractivity contribution >= 4 is 33.2 Å². The third-order valence-electron chi connectivity index (χ3n) is 2.86. The highest BCUT2D eigenvalue weighted by Gasteiger charge is 2.07. The predicted molar refractivity (Wildman–Crippen MR) is 82.4 cm³/mol. The summed E-state index contributed by atoms with van der Waals surface area (Å²) in [6, 6.07) is 12.1. The van der Waals surface area contributed by atoms with Crippen LogP contribution in [0.3, 0.4) is 0 Å². The summed E-state index contributed by atoms with van der Waals surface area (Å²) in [6.07, 6.45) is 0. The van der Waals surface area contributed by atoms with E-state index in [-0.39, 0.29) is 18.3 Å². The Bertz CT molecular complexity index is 631. The Balaban J connectivity index is 1.96. The van der Waals surface area contributed by atoms with E-state index in [4.69, 9.17) is 0 Å². The second-order valence-electron chi connectivity index (χ2n) is 4.29. The zero-order valence-electron chi connectivity index (χ0n) is 10.9. The highest BCUT2D eigenvalue weighted by atomic mass is 79.9. The molecule has 2 N–H and O–H groups in total. The van der Waals surface area contributed by atoms with E-state index in [1.165, 1.54) is 6.07 Å². The van der Waals surface area contributed by atoms with Gasteiger partial charge in [-0.1, -0.05) is 18.2 Å². The van der Waals surface area contributed by atoms with Crippen molar-refractivity contribution in [3.8, 4) is 0 Å². The summed E-state index contributed by atoms with van der Waals surface area (Å²) in [5, 5.41) is 5.70. The molecule has 0 aliphatic rings. The number of hydrogen-bond donors (Lipinski definition) is 2. The standard InChI is InChI=1S/C15H14BrFN2O/c1-10-12(17)6-4-8-13(10)18-9-15(20)19-14-7-3-2-5-11(14)16/h2-8,18H,9H2,1H3,(H,19,20). The van der Waals surface area contributed by atoms with Crippen LogP contribution in [0.15, 0.2) is 46.9 Å². The summed E-state index contributed by atoms with van der Waals surface area (Å²) >= 11 is 3.36. The monoisotopic (exact) mass is 336 g/mol. The third-order valence-corrected chi connectivity index (χ3v) is 3.55. The zero-order chi connectivity index (χ0) is 14.5. The van der Waals surface area contributed by atoms with Crippen molar-refractivity contribution in [3.63, 3.8) is 0 Å². The first-order valence-electron chi connectivity index (χ1n) is 6.11. The Kier molecular flexibility index (Phi) is 4.74. The van der Waals surface area contributed by atoms with Gasteiger partial charge in [0.05, 0.1) is 12.2 Å². The zero-order valence-corrected chi connectivity index (χ0v) is 12.5. The molecular weight excluding hydrogens is 323 g/mol. The molecule has 20 heavy (non-hydrogen) atoms. The van der Waals surface area contributed by atoms with Crippen LogP contribution in [0.25, 0.3) is 0 Å². The summed E-state index contributed by atoms with van der Waals surface area (Å²) in [5.74, 6) is -0.484. The number of halogens is 2. The van der Waals surface area contributed by atoms with Crippen molar-refractivity contribution in [2.75, 3.05) is 17.2 Å². The minimum atomic E-state index is -0.291. The highest BCUT2D eigenvalue weighted by Crippen LogP contribution is 2.21. The number of nitrogens with one attached hydrogen (secondary N) is 2. The third kappa shape index (κ3) is 3.57. The van der Waals surface area contributed by atoms with Crippen LogP contribution >= 0.6 is 15.9 Å². The van der Waals surface area contributed by atoms with E-state index in [1.54, 1.807) is 25.1 Å². The number of para-hydroxylation sites is 1. The maximum atomic E-state index is 13.4. The average molecular weight is 337 g/mol. The van der Waals surface area contributed by atoms with Gasteiger partial charge in [-0.2, -0.15) is 0 Å². The number of carbonyl (C=O) groups excluding carboxylic acids is 1. The topological polar surface area (TPSA) is 41.1 Å². The Morgan fingerprint density at radius 1 is 1.15 bits per heavy atom. The van der Waals surface area contributed by atoms with Crippen LogP contribution in [0, 0.1) is 12.7 Å². The van der Waals surface area contributed by atoms with Gasteiger partial charge in [-0.15, -0.1) is 0 Å². The first-order chi connectivity index (χ1) is 9.58. The lowest BCUT2D eigenvalue weighted by molar-refractivity contribution is -0.114. The van der Waals surface area contributed by atoms with Crippen molar-refractivity contribution < 1.29 is 9.18 Å². The van der Waals surface area contributed by atoms with Crippen molar-refractivity contribution in [2.24, 2.45) is 0 Å². The molecule has 0 fully saturated rings. The maximum Gasteiger partial charge on any atom is 0.243 e. The number of amides is 1. The van der Waals surface area contributed by atoms with Crippen LogP contribution in [0.1, 0.15) is 5.56 Å². The first kappa shape index (κ1) is 14.5. The van der Waals surface area contributed by atoms with Crippen molar-refractivity contribution in [3.05, 3.63) is 58.3 Å². The number of hydrogen-bond acceptors (Lipinski definition) is 2. The van der Waals surface area contributed by atoms with Gasteiger partial charge in [-0.3, -0.25) is 4.79 Å². The lowest BCUT2D eigenvalue weighted by Gasteiger charge is -2.11. The molecule has 0 saturated heterocycles. The second kappa shape index (κ2) is 6.52. The molecule has 0 atom stereocenters. The van der Waals surface area contributed by atoms with Gasteiger partial charge in [0.2, 0.25) is 5.91 Å². The van der Waals surface area contributed by atoms with Gasteiger partial charge in [-0.05, 0) is 47.1 Å². The fraction of sp³-hybridized carbons (Fsp3) is 0.133. The van der Waals surface area contributed by atoms with Crippen molar-refractivity contribution in [1.82, 2.24) is 0 Å². The molecule has 0 unspecified atom stereocenters. The van der Waals surface area contributed by atoms with Crippen LogP contribution in [0.2, 0.25) is 0 Å². The van der Waals surface area contributed by atoms with Crippen LogP contribution in [0.5, 0.6) is 0 Å². The molecule has 2 rings (SSSR count). The number of benzene rings is 2. The van der Waals surface area contributed by atoms with E-state index in [0.29, 0.717) is 16.9 Å². The molecule has 0 heterocycles. The van der Waals surface area contributed by atoms with Gasteiger partial charge in [0, 0.05) is 15.7 Å². The van der Waals surface area contributed by atoms with Gasteiger partial charge in [0.25, 0.3) is 0 Å². The summed E-state index contributed by atoms with van der Waals surface area (Å²) in [5.41, 5.74) is 1.82. The maximum absolute atomic E-state index is 13.4. The average Bonchev–Trinajstić information content (AvgIpc) is 2.43. The summed E-state index contributed by atoms with van der Waals surface area (Å²) in [4.78, 5) is 11.8. The van der Waals surface area contributed by atoms with Gasteiger partial charge < -0.3 is 10.6 Å². The minimum Gasteiger partial charge on any atom is -0.376 e. The largest absolute Gasteiger partial charge is 0.376 e. The summed E-state index contributed by atoms with van der Waals surface area (Å²) < 4.78 is 14.2. The van der Waals surface area contributed by atoms with E-state index in [0.717, 1.165) is 4.47 Å². The van der Waals surface area contributed by atoms with Gasteiger partial charge in [0.1, 0.15) is 5.82 Å². The van der Waals surface area contributed by atoms with Crippen molar-refractivity contribution in [2.45, 2.75) is 6.92 Å². The normalized spacial score (nSPS) is 10.2. The summed E-state index contributed by atoms with van der Waals surface area (Å²) in [6.45, 7) is 1.75. The van der Waals surface area contributed by atoms with Gasteiger partial charge in [-0.25, -0.2) is 4.39 Å². The van der Waals surface area contributed by atoms with Crippen molar-refractivity contribution in [1.29, 1.82) is 0 Å². The quantitative estimate of drug-likeness (QED) is 0.887. The van der Waals surface area contributed by atoms with Crippen LogP contribution in [-0.2, 0) is 4.79 Å². The van der Waals surface area contributed by atoms with Crippen LogP contribution in [-0.4, -0.2) is 12.5 Å². The molecular formula is C15H14BrFN2O. The smallest absolute Gasteiger partial charge is 0.243 e. The lowest BCUT2D eigenvalue weighted by Crippen LogP contribution is -2.22. The molecule has 0 aliphatic carbocycles. The number of carbonyl (C=O) groups is 1. The van der Waals surface area contributed by atoms with Gasteiger partial charge in [0.15, 0.2) is 0 Å². The highest BCUT2D eigenvalue weighted by molar-refractivity contribution is 9.10. The molecule has 0 bridgehead atoms. The molecule has 0 radical (unpaired) electrons. The Morgan fingerprint density at radius 3 is 2.60 bits per heavy atom. The van der Waals surface area contributed by atoms with Gasteiger partial charge >= 0.3 is 0 Å². The Hall–Kier alpha value is -1.88. The number of rotatable bonds is 4. The Morgan fingerprint density at radius 2 is 1.85 bits per heavy atom. The molecule has 1 amide bonds. The fourth-order valence-electron chi connectivity index (χ4n) is 1.73. The second-order valence-corrected chi connectivity index (χ2v) is 5.15. The van der Waals surface area contributed by atoms with E-state index in [2.05, 4.69) is 26.6 Å². The molecule has 0 saturated carbocycles. The first-order valence-corrected chi connectivity index (χ1v) is 6.90. The molecule has 0 aromatic heterocycles. The Labute approximate surface area is 125 Å². The summed E-state index contributed by atoms with van der Waals surface area (Å²) in [7, 11) is 0. The predicted octanol–water partition coefficient (Wildman–Crippen LogP) is 3.95. The molecule has 0 spiro atoms. The fourth-order valence-corrected chi connectivity index (χ4v) is 2.12. The van der Waals surface area contributed by atoms with Crippen LogP contribution in [0.4, 0.5) is 15.8 Å². The number of anilines is 2. The van der Waals surface area contributed by atoms with E-state index < -0.39 is 0 Å². The lowest BCUT2D eigenvalue weighted by atomic mass is 10.2. The molecule has 3 nitrogen and oxygen atoms in total.